The van der Waals surface area contributed by atoms with E-state index in [1.807, 2.05) is 7.05 Å². The fraction of sp³-hybridized carbons (Fsp3) is 0.571. The molecule has 1 aromatic carbocycles. The number of nitrogens with zero attached hydrogens (tertiary/aromatic N) is 1. The highest BCUT2D eigenvalue weighted by atomic mass is 35.5. The molecule has 0 heterocycles. The summed E-state index contributed by atoms with van der Waals surface area (Å²) >= 11 is 0. The summed E-state index contributed by atoms with van der Waals surface area (Å²) < 4.78 is 18.2. The summed E-state index contributed by atoms with van der Waals surface area (Å²) in [5.41, 5.74) is 5.81. The zero-order chi connectivity index (χ0) is 13.6. The molecule has 0 bridgehead atoms. The average molecular weight is 291 g/mol. The van der Waals surface area contributed by atoms with Crippen molar-refractivity contribution in [1.82, 2.24) is 4.90 Å². The van der Waals surface area contributed by atoms with Gasteiger partial charge in [0.1, 0.15) is 18.2 Å². The van der Waals surface area contributed by atoms with Gasteiger partial charge in [-0.05, 0) is 43.3 Å². The largest absolute Gasteiger partial charge is 0.492 e. The molecule has 0 amide bonds. The summed E-state index contributed by atoms with van der Waals surface area (Å²) in [6.07, 6.45) is 0. The van der Waals surface area contributed by atoms with Gasteiger partial charge in [0.15, 0.2) is 0 Å². The van der Waals surface area contributed by atoms with Gasteiger partial charge in [0.2, 0.25) is 0 Å². The summed E-state index contributed by atoms with van der Waals surface area (Å²) in [5, 5.41) is 0. The first-order chi connectivity index (χ1) is 8.43. The summed E-state index contributed by atoms with van der Waals surface area (Å²) in [7, 11) is 2.05. The van der Waals surface area contributed by atoms with Gasteiger partial charge in [0, 0.05) is 13.1 Å². The third kappa shape index (κ3) is 7.35. The SMILES string of the molecule is CN(CCOc1ccc(F)cc1)CC(C)(C)CN.Cl. The number of likely N-dealkylation sites (N-methyl/N-ethyl adjacent to an activating group) is 1. The molecule has 0 saturated heterocycles. The van der Waals surface area contributed by atoms with Crippen LogP contribution in [0, 0.1) is 11.2 Å². The molecular formula is C14H24ClFN2O. The Morgan fingerprint density at radius 3 is 2.37 bits per heavy atom. The number of rotatable bonds is 7. The number of ether oxygens (including phenoxy) is 1. The Hall–Kier alpha value is -0.840. The third-order valence-corrected chi connectivity index (χ3v) is 2.81. The second-order valence-electron chi connectivity index (χ2n) is 5.41. The molecule has 0 radical (unpaired) electrons. The van der Waals surface area contributed by atoms with Gasteiger partial charge in [-0.1, -0.05) is 13.8 Å². The maximum Gasteiger partial charge on any atom is 0.123 e. The monoisotopic (exact) mass is 290 g/mol. The molecule has 0 fully saturated rings. The molecule has 0 aliphatic heterocycles. The van der Waals surface area contributed by atoms with E-state index in [1.165, 1.54) is 12.1 Å². The summed E-state index contributed by atoms with van der Waals surface area (Å²) in [6.45, 7) is 7.28. The fourth-order valence-corrected chi connectivity index (χ4v) is 1.72. The van der Waals surface area contributed by atoms with E-state index in [-0.39, 0.29) is 23.6 Å². The van der Waals surface area contributed by atoms with Crippen LogP contribution in [0.4, 0.5) is 4.39 Å². The van der Waals surface area contributed by atoms with Gasteiger partial charge in [-0.15, -0.1) is 12.4 Å². The third-order valence-electron chi connectivity index (χ3n) is 2.81. The molecule has 2 N–H and O–H groups in total. The van der Waals surface area contributed by atoms with Crippen LogP contribution >= 0.6 is 12.4 Å². The Balaban J connectivity index is 0.00000324. The topological polar surface area (TPSA) is 38.5 Å². The van der Waals surface area contributed by atoms with Crippen LogP contribution in [-0.4, -0.2) is 38.2 Å². The number of benzene rings is 1. The van der Waals surface area contributed by atoms with Crippen LogP contribution in [0.3, 0.4) is 0 Å². The van der Waals surface area contributed by atoms with Crippen molar-refractivity contribution in [2.75, 3.05) is 33.3 Å². The molecule has 1 rings (SSSR count). The lowest BCUT2D eigenvalue weighted by Crippen LogP contribution is -2.38. The van der Waals surface area contributed by atoms with E-state index in [2.05, 4.69) is 18.7 Å². The Bertz CT molecular complexity index is 357. The number of hydrogen-bond donors (Lipinski definition) is 1. The highest BCUT2D eigenvalue weighted by Crippen LogP contribution is 2.14. The van der Waals surface area contributed by atoms with E-state index in [9.17, 15) is 4.39 Å². The average Bonchev–Trinajstić information content (AvgIpc) is 2.31. The second kappa shape index (κ2) is 8.35. The van der Waals surface area contributed by atoms with Crippen LogP contribution in [0.1, 0.15) is 13.8 Å². The maximum absolute atomic E-state index is 12.7. The molecule has 0 unspecified atom stereocenters. The molecule has 5 heteroatoms. The molecular weight excluding hydrogens is 267 g/mol. The van der Waals surface area contributed by atoms with Crippen molar-refractivity contribution in [3.8, 4) is 5.75 Å². The highest BCUT2D eigenvalue weighted by Gasteiger charge is 2.17. The van der Waals surface area contributed by atoms with Crippen molar-refractivity contribution in [3.05, 3.63) is 30.1 Å². The summed E-state index contributed by atoms with van der Waals surface area (Å²) in [6, 6.07) is 6.07. The molecule has 0 atom stereocenters. The molecule has 0 aliphatic carbocycles. The van der Waals surface area contributed by atoms with Crippen molar-refractivity contribution in [1.29, 1.82) is 0 Å². The van der Waals surface area contributed by atoms with Gasteiger partial charge in [-0.2, -0.15) is 0 Å². The highest BCUT2D eigenvalue weighted by molar-refractivity contribution is 5.85. The fourth-order valence-electron chi connectivity index (χ4n) is 1.72. The smallest absolute Gasteiger partial charge is 0.123 e. The number of nitrogens with two attached hydrogens (primary N) is 1. The van der Waals surface area contributed by atoms with E-state index in [4.69, 9.17) is 10.5 Å². The zero-order valence-electron chi connectivity index (χ0n) is 11.9. The Morgan fingerprint density at radius 1 is 1.26 bits per heavy atom. The van der Waals surface area contributed by atoms with Crippen LogP contribution in [0.25, 0.3) is 0 Å². The van der Waals surface area contributed by atoms with E-state index in [0.29, 0.717) is 18.9 Å². The standard InChI is InChI=1S/C14H23FN2O.ClH/c1-14(2,10-16)11-17(3)8-9-18-13-6-4-12(15)5-7-13;/h4-7H,8-11,16H2,1-3H3;1H. The summed E-state index contributed by atoms with van der Waals surface area (Å²) in [5.74, 6) is 0.451. The van der Waals surface area contributed by atoms with Gasteiger partial charge >= 0.3 is 0 Å². The van der Waals surface area contributed by atoms with Crippen molar-refractivity contribution < 1.29 is 9.13 Å². The van der Waals surface area contributed by atoms with Crippen LogP contribution in [0.15, 0.2) is 24.3 Å². The molecule has 19 heavy (non-hydrogen) atoms. The van der Waals surface area contributed by atoms with Crippen LogP contribution in [0.5, 0.6) is 5.75 Å². The molecule has 0 saturated carbocycles. The van der Waals surface area contributed by atoms with Gasteiger partial charge in [-0.3, -0.25) is 0 Å². The van der Waals surface area contributed by atoms with Crippen LogP contribution < -0.4 is 10.5 Å². The quantitative estimate of drug-likeness (QED) is 0.839. The zero-order valence-corrected chi connectivity index (χ0v) is 12.7. The van der Waals surface area contributed by atoms with Gasteiger partial charge < -0.3 is 15.4 Å². The molecule has 110 valence electrons. The van der Waals surface area contributed by atoms with E-state index in [1.54, 1.807) is 12.1 Å². The lowest BCUT2D eigenvalue weighted by Gasteiger charge is -2.28. The molecule has 0 aromatic heterocycles. The lowest BCUT2D eigenvalue weighted by atomic mass is 9.93. The number of hydrogen-bond acceptors (Lipinski definition) is 3. The minimum absolute atomic E-state index is 0. The number of halogens is 2. The second-order valence-corrected chi connectivity index (χ2v) is 5.41. The first kappa shape index (κ1) is 18.2. The van der Waals surface area contributed by atoms with Gasteiger partial charge in [0.25, 0.3) is 0 Å². The van der Waals surface area contributed by atoms with E-state index < -0.39 is 0 Å². The van der Waals surface area contributed by atoms with Crippen LogP contribution in [0.2, 0.25) is 0 Å². The molecule has 3 nitrogen and oxygen atoms in total. The van der Waals surface area contributed by atoms with Crippen molar-refractivity contribution in [2.24, 2.45) is 11.1 Å². The predicted molar refractivity (Wildman–Crippen MR) is 79.5 cm³/mol. The van der Waals surface area contributed by atoms with Gasteiger partial charge in [-0.25, -0.2) is 4.39 Å². The van der Waals surface area contributed by atoms with Crippen molar-refractivity contribution in [3.63, 3.8) is 0 Å². The first-order valence-electron chi connectivity index (χ1n) is 6.20. The first-order valence-corrected chi connectivity index (χ1v) is 6.20. The van der Waals surface area contributed by atoms with Crippen molar-refractivity contribution >= 4 is 12.4 Å². The summed E-state index contributed by atoms with van der Waals surface area (Å²) in [4.78, 5) is 2.19. The van der Waals surface area contributed by atoms with Gasteiger partial charge in [0.05, 0.1) is 0 Å². The maximum atomic E-state index is 12.7. The van der Waals surface area contributed by atoms with E-state index >= 15 is 0 Å². The Labute approximate surface area is 121 Å². The predicted octanol–water partition coefficient (Wildman–Crippen LogP) is 2.54. The van der Waals surface area contributed by atoms with Crippen molar-refractivity contribution in [2.45, 2.75) is 13.8 Å². The molecule has 1 aromatic rings. The van der Waals surface area contributed by atoms with Crippen LogP contribution in [-0.2, 0) is 0 Å². The van der Waals surface area contributed by atoms with E-state index in [0.717, 1.165) is 13.1 Å². The minimum Gasteiger partial charge on any atom is -0.492 e. The Morgan fingerprint density at radius 2 is 1.84 bits per heavy atom. The minimum atomic E-state index is -0.246. The lowest BCUT2D eigenvalue weighted by molar-refractivity contribution is 0.181. The Kier molecular flexibility index (Phi) is 7.99. The molecule has 0 aliphatic rings. The normalized spacial score (nSPS) is 11.3. The molecule has 0 spiro atoms.